The van der Waals surface area contributed by atoms with Crippen LogP contribution in [0, 0.1) is 5.82 Å². The molecule has 3 aromatic rings. The fourth-order valence-electron chi connectivity index (χ4n) is 2.48. The van der Waals surface area contributed by atoms with Gasteiger partial charge < -0.3 is 16.2 Å². The third kappa shape index (κ3) is 4.74. The molecular formula is C17H18F3N7O. The molecule has 0 aliphatic rings. The lowest BCUT2D eigenvalue weighted by Gasteiger charge is -2.16. The number of nitrogens with one attached hydrogen (secondary N) is 1. The topological polar surface area (TPSA) is 115 Å². The van der Waals surface area contributed by atoms with Gasteiger partial charge in [0.2, 0.25) is 0 Å². The number of pyridine rings is 1. The third-order valence-electron chi connectivity index (χ3n) is 3.56. The first-order valence-electron chi connectivity index (χ1n) is 8.21. The zero-order valence-electron chi connectivity index (χ0n) is 15.1. The van der Waals surface area contributed by atoms with Crippen LogP contribution in [0.1, 0.15) is 26.1 Å². The Bertz CT molecular complexity index is 985. The van der Waals surface area contributed by atoms with E-state index in [2.05, 4.69) is 25.4 Å². The van der Waals surface area contributed by atoms with E-state index in [0.717, 1.165) is 6.07 Å². The van der Waals surface area contributed by atoms with Crippen LogP contribution in [-0.4, -0.2) is 35.4 Å². The first-order valence-corrected chi connectivity index (χ1v) is 8.21. The van der Waals surface area contributed by atoms with Crippen molar-refractivity contribution in [3.8, 4) is 11.1 Å². The van der Waals surface area contributed by atoms with Crippen LogP contribution in [0.5, 0.6) is 0 Å². The van der Waals surface area contributed by atoms with Crippen molar-refractivity contribution >= 4 is 17.5 Å². The van der Waals surface area contributed by atoms with Crippen LogP contribution in [0.2, 0.25) is 0 Å². The predicted molar refractivity (Wildman–Crippen MR) is 96.4 cm³/mol. The monoisotopic (exact) mass is 393 g/mol. The fourth-order valence-corrected chi connectivity index (χ4v) is 2.48. The normalized spacial score (nSPS) is 11.8. The highest BCUT2D eigenvalue weighted by Crippen LogP contribution is 2.25. The number of hydrogen-bond donors (Lipinski definition) is 3. The number of aromatic nitrogens is 5. The minimum atomic E-state index is -2.89. The Kier molecular flexibility index (Phi) is 5.18. The molecule has 28 heavy (non-hydrogen) atoms. The van der Waals surface area contributed by atoms with Gasteiger partial charge >= 0.3 is 0 Å². The Labute approximate surface area is 158 Å². The molecule has 3 aromatic heterocycles. The lowest BCUT2D eigenvalue weighted by atomic mass is 10.1. The van der Waals surface area contributed by atoms with Crippen molar-refractivity contribution in [1.82, 2.24) is 24.7 Å². The van der Waals surface area contributed by atoms with Crippen molar-refractivity contribution in [2.24, 2.45) is 0 Å². The van der Waals surface area contributed by atoms with Crippen molar-refractivity contribution in [3.05, 3.63) is 42.4 Å². The molecular weight excluding hydrogens is 375 g/mol. The van der Waals surface area contributed by atoms with Crippen LogP contribution in [0.3, 0.4) is 0 Å². The van der Waals surface area contributed by atoms with Gasteiger partial charge in [-0.1, -0.05) is 0 Å². The molecule has 0 aromatic carbocycles. The summed E-state index contributed by atoms with van der Waals surface area (Å²) in [5.41, 5.74) is 5.19. The molecule has 8 nitrogen and oxygen atoms in total. The second-order valence-corrected chi connectivity index (χ2v) is 6.75. The second kappa shape index (κ2) is 7.43. The van der Waals surface area contributed by atoms with E-state index in [1.807, 2.05) is 0 Å². The molecule has 0 aliphatic heterocycles. The maximum absolute atomic E-state index is 14.5. The number of rotatable bonds is 6. The summed E-state index contributed by atoms with van der Waals surface area (Å²) in [5, 5.41) is 16.5. The number of anilines is 3. The molecule has 3 rings (SSSR count). The Balaban J connectivity index is 1.82. The van der Waals surface area contributed by atoms with Gasteiger partial charge in [0.1, 0.15) is 23.3 Å². The van der Waals surface area contributed by atoms with Gasteiger partial charge in [-0.2, -0.15) is 5.10 Å². The van der Waals surface area contributed by atoms with Crippen LogP contribution in [-0.2, 0) is 6.54 Å². The van der Waals surface area contributed by atoms with Crippen LogP contribution >= 0.6 is 0 Å². The van der Waals surface area contributed by atoms with Gasteiger partial charge in [-0.3, -0.25) is 4.68 Å². The van der Waals surface area contributed by atoms with Gasteiger partial charge in [0, 0.05) is 35.7 Å². The Morgan fingerprint density at radius 3 is 2.61 bits per heavy atom. The minimum absolute atomic E-state index is 0.0274. The molecule has 0 spiro atoms. The highest BCUT2D eigenvalue weighted by Gasteiger charge is 2.17. The maximum Gasteiger partial charge on any atom is 0.297 e. The minimum Gasteiger partial charge on any atom is -0.389 e. The molecule has 0 atom stereocenters. The lowest BCUT2D eigenvalue weighted by molar-refractivity contribution is 0.0577. The zero-order valence-corrected chi connectivity index (χ0v) is 15.1. The smallest absolute Gasteiger partial charge is 0.297 e. The van der Waals surface area contributed by atoms with Gasteiger partial charge in [-0.25, -0.2) is 28.1 Å². The van der Waals surface area contributed by atoms with Crippen molar-refractivity contribution in [2.45, 2.75) is 32.4 Å². The molecule has 0 aliphatic carbocycles. The number of nitrogen functional groups attached to an aromatic ring is 1. The predicted octanol–water partition coefficient (Wildman–Crippen LogP) is 2.91. The van der Waals surface area contributed by atoms with E-state index >= 15 is 0 Å². The van der Waals surface area contributed by atoms with E-state index in [1.165, 1.54) is 23.1 Å². The summed E-state index contributed by atoms with van der Waals surface area (Å²) in [6.45, 7) is 3.51. The molecule has 0 amide bonds. The van der Waals surface area contributed by atoms with Crippen molar-refractivity contribution in [3.63, 3.8) is 0 Å². The Morgan fingerprint density at radius 1 is 1.21 bits per heavy atom. The maximum atomic E-state index is 14.5. The molecule has 4 N–H and O–H groups in total. The number of nitrogens with two attached hydrogens (primary N) is 1. The highest BCUT2D eigenvalue weighted by atomic mass is 19.3. The van der Waals surface area contributed by atoms with Gasteiger partial charge in [0.25, 0.3) is 6.43 Å². The van der Waals surface area contributed by atoms with Crippen LogP contribution in [0.15, 0.2) is 30.7 Å². The van der Waals surface area contributed by atoms with E-state index in [4.69, 9.17) is 5.73 Å². The summed E-state index contributed by atoms with van der Waals surface area (Å²) in [6.07, 6.45) is 1.43. The van der Waals surface area contributed by atoms with E-state index in [1.54, 1.807) is 20.0 Å². The van der Waals surface area contributed by atoms with E-state index < -0.39 is 23.7 Å². The molecule has 0 saturated heterocycles. The summed E-state index contributed by atoms with van der Waals surface area (Å²) in [4.78, 5) is 11.1. The second-order valence-electron chi connectivity index (χ2n) is 6.75. The highest BCUT2D eigenvalue weighted by molar-refractivity contribution is 5.64. The molecule has 0 fully saturated rings. The number of aliphatic hydroxyl groups is 1. The van der Waals surface area contributed by atoms with Gasteiger partial charge in [0.05, 0.1) is 18.3 Å². The summed E-state index contributed by atoms with van der Waals surface area (Å²) in [6, 6.07) is 2.34. The standard InChI is InChI=1S/C17H18F3N7O/c1-17(2,28)8-27-7-9(5-23-27)10-6-22-13(3-11(10)18)25-14-4-12(21)24-16(26-14)15(19)20/h3-7,15,28H,8H2,1-2H3,(H3,21,22,24,25,26). The summed E-state index contributed by atoms with van der Waals surface area (Å²) in [5.74, 6) is -1.46. The van der Waals surface area contributed by atoms with Crippen molar-refractivity contribution in [1.29, 1.82) is 0 Å². The van der Waals surface area contributed by atoms with Crippen LogP contribution < -0.4 is 11.1 Å². The van der Waals surface area contributed by atoms with Gasteiger partial charge in [0.15, 0.2) is 5.82 Å². The van der Waals surface area contributed by atoms with E-state index in [9.17, 15) is 18.3 Å². The number of hydrogen-bond acceptors (Lipinski definition) is 7. The zero-order chi connectivity index (χ0) is 20.5. The average molecular weight is 393 g/mol. The summed E-state index contributed by atoms with van der Waals surface area (Å²) in [7, 11) is 0. The molecule has 0 saturated carbocycles. The molecule has 3 heterocycles. The molecule has 0 radical (unpaired) electrons. The number of alkyl halides is 2. The Hall–Kier alpha value is -3.21. The number of halogens is 3. The van der Waals surface area contributed by atoms with Crippen molar-refractivity contribution < 1.29 is 18.3 Å². The summed E-state index contributed by atoms with van der Waals surface area (Å²) >= 11 is 0. The SMILES string of the molecule is CC(C)(O)Cn1cc(-c2cnc(Nc3cc(N)nc(C(F)F)n3)cc2F)cn1. The quantitative estimate of drug-likeness (QED) is 0.590. The van der Waals surface area contributed by atoms with Gasteiger partial charge in [-0.05, 0) is 13.8 Å². The first-order chi connectivity index (χ1) is 13.1. The summed E-state index contributed by atoms with van der Waals surface area (Å²) < 4.78 is 41.6. The number of nitrogens with zero attached hydrogens (tertiary/aromatic N) is 5. The van der Waals surface area contributed by atoms with Crippen molar-refractivity contribution in [2.75, 3.05) is 11.1 Å². The van der Waals surface area contributed by atoms with E-state index in [0.29, 0.717) is 5.56 Å². The fraction of sp³-hybridized carbons (Fsp3) is 0.294. The van der Waals surface area contributed by atoms with E-state index in [-0.39, 0.29) is 29.6 Å². The van der Waals surface area contributed by atoms with Crippen LogP contribution in [0.25, 0.3) is 11.1 Å². The lowest BCUT2D eigenvalue weighted by Crippen LogP contribution is -2.26. The van der Waals surface area contributed by atoms with Gasteiger partial charge in [-0.15, -0.1) is 0 Å². The average Bonchev–Trinajstić information content (AvgIpc) is 3.00. The molecule has 0 unspecified atom stereocenters. The molecule has 11 heteroatoms. The molecule has 148 valence electrons. The largest absolute Gasteiger partial charge is 0.389 e. The van der Waals surface area contributed by atoms with Crippen LogP contribution in [0.4, 0.5) is 30.6 Å². The third-order valence-corrected chi connectivity index (χ3v) is 3.56. The Morgan fingerprint density at radius 2 is 1.96 bits per heavy atom. The molecule has 0 bridgehead atoms. The first kappa shape index (κ1) is 19.5.